The normalized spacial score (nSPS) is 17.3. The number of likely N-dealkylation sites (tertiary alicyclic amines) is 1. The van der Waals surface area contributed by atoms with Crippen LogP contribution in [0.4, 0.5) is 0 Å². The highest BCUT2D eigenvalue weighted by Crippen LogP contribution is 2.32. The van der Waals surface area contributed by atoms with Crippen molar-refractivity contribution in [2.45, 2.75) is 25.3 Å². The first kappa shape index (κ1) is 15.5. The standard InChI is InChI=1S/C18H22N2O3/c1-22-14-8-7-13(17(12-14)23-2)11-18(21)20-10-4-6-16(20)15-5-3-9-19-15/h3,5,7-9,12,16,19H,4,6,10-11H2,1-2H3/t16-/m1/s1. The minimum Gasteiger partial charge on any atom is -0.497 e. The van der Waals surface area contributed by atoms with Crippen molar-refractivity contribution in [3.05, 3.63) is 47.8 Å². The van der Waals surface area contributed by atoms with Crippen molar-refractivity contribution < 1.29 is 14.3 Å². The number of carbonyl (C=O) groups excluding carboxylic acids is 1. The summed E-state index contributed by atoms with van der Waals surface area (Å²) >= 11 is 0. The Bertz CT molecular complexity index is 667. The van der Waals surface area contributed by atoms with E-state index in [9.17, 15) is 4.79 Å². The molecule has 1 saturated heterocycles. The van der Waals surface area contributed by atoms with E-state index in [1.165, 1.54) is 0 Å². The maximum atomic E-state index is 12.8. The molecule has 5 heteroatoms. The zero-order chi connectivity index (χ0) is 16.2. The number of ether oxygens (including phenoxy) is 2. The van der Waals surface area contributed by atoms with Crippen LogP contribution in [0.2, 0.25) is 0 Å². The molecule has 2 aromatic rings. The number of aromatic nitrogens is 1. The lowest BCUT2D eigenvalue weighted by molar-refractivity contribution is -0.131. The molecular formula is C18H22N2O3. The molecule has 1 fully saturated rings. The van der Waals surface area contributed by atoms with E-state index in [4.69, 9.17) is 9.47 Å². The molecule has 1 aromatic heterocycles. The predicted octanol–water partition coefficient (Wildman–Crippen LogP) is 2.94. The number of H-pyrrole nitrogens is 1. The van der Waals surface area contributed by atoms with Crippen LogP contribution >= 0.6 is 0 Å². The van der Waals surface area contributed by atoms with Crippen LogP contribution in [0.5, 0.6) is 11.5 Å². The van der Waals surface area contributed by atoms with Crippen molar-refractivity contribution in [3.63, 3.8) is 0 Å². The first-order valence-corrected chi connectivity index (χ1v) is 7.86. The molecule has 0 saturated carbocycles. The maximum absolute atomic E-state index is 12.8. The highest BCUT2D eigenvalue weighted by Gasteiger charge is 2.30. The Morgan fingerprint density at radius 1 is 1.30 bits per heavy atom. The van der Waals surface area contributed by atoms with Crippen LogP contribution in [0.25, 0.3) is 0 Å². The number of hydrogen-bond acceptors (Lipinski definition) is 3. The Kier molecular flexibility index (Phi) is 4.55. The van der Waals surface area contributed by atoms with E-state index in [0.717, 1.165) is 36.4 Å². The Balaban J connectivity index is 1.76. The number of methoxy groups -OCH3 is 2. The number of nitrogens with zero attached hydrogens (tertiary/aromatic N) is 1. The average molecular weight is 314 g/mol. The molecule has 0 bridgehead atoms. The summed E-state index contributed by atoms with van der Waals surface area (Å²) in [7, 11) is 3.23. The van der Waals surface area contributed by atoms with E-state index >= 15 is 0 Å². The van der Waals surface area contributed by atoms with Crippen LogP contribution in [0, 0.1) is 0 Å². The van der Waals surface area contributed by atoms with Gasteiger partial charge in [0.2, 0.25) is 5.91 Å². The molecule has 5 nitrogen and oxygen atoms in total. The molecule has 0 radical (unpaired) electrons. The largest absolute Gasteiger partial charge is 0.497 e. The number of benzene rings is 1. The molecule has 23 heavy (non-hydrogen) atoms. The van der Waals surface area contributed by atoms with E-state index < -0.39 is 0 Å². The lowest BCUT2D eigenvalue weighted by Gasteiger charge is -2.24. The van der Waals surface area contributed by atoms with Crippen LogP contribution < -0.4 is 9.47 Å². The van der Waals surface area contributed by atoms with E-state index in [0.29, 0.717) is 12.2 Å². The van der Waals surface area contributed by atoms with Gasteiger partial charge in [-0.3, -0.25) is 4.79 Å². The fourth-order valence-corrected chi connectivity index (χ4v) is 3.20. The first-order valence-electron chi connectivity index (χ1n) is 7.86. The highest BCUT2D eigenvalue weighted by atomic mass is 16.5. The van der Waals surface area contributed by atoms with Crippen LogP contribution in [-0.2, 0) is 11.2 Å². The van der Waals surface area contributed by atoms with Crippen molar-refractivity contribution in [2.24, 2.45) is 0 Å². The van der Waals surface area contributed by atoms with Crippen molar-refractivity contribution >= 4 is 5.91 Å². The van der Waals surface area contributed by atoms with Crippen molar-refractivity contribution in [2.75, 3.05) is 20.8 Å². The molecule has 1 aliphatic heterocycles. The number of carbonyl (C=O) groups is 1. The average Bonchev–Trinajstić information content (AvgIpc) is 3.25. The lowest BCUT2D eigenvalue weighted by atomic mass is 10.1. The summed E-state index contributed by atoms with van der Waals surface area (Å²) in [4.78, 5) is 18.0. The Morgan fingerprint density at radius 2 is 2.17 bits per heavy atom. The van der Waals surface area contributed by atoms with Crippen molar-refractivity contribution in [3.8, 4) is 11.5 Å². The topological polar surface area (TPSA) is 54.6 Å². The van der Waals surface area contributed by atoms with E-state index in [1.54, 1.807) is 14.2 Å². The third-order valence-corrected chi connectivity index (χ3v) is 4.39. The SMILES string of the molecule is COc1ccc(CC(=O)N2CCC[C@@H]2c2ccc[nH]2)c(OC)c1. The summed E-state index contributed by atoms with van der Waals surface area (Å²) in [6.45, 7) is 0.807. The quantitative estimate of drug-likeness (QED) is 0.923. The molecule has 122 valence electrons. The minimum absolute atomic E-state index is 0.130. The fraction of sp³-hybridized carbons (Fsp3) is 0.389. The van der Waals surface area contributed by atoms with Gasteiger partial charge in [-0.25, -0.2) is 0 Å². The predicted molar refractivity (Wildman–Crippen MR) is 87.7 cm³/mol. The van der Waals surface area contributed by atoms with Gasteiger partial charge in [0.05, 0.1) is 26.7 Å². The molecular weight excluding hydrogens is 292 g/mol. The van der Waals surface area contributed by atoms with Crippen molar-refractivity contribution in [1.82, 2.24) is 9.88 Å². The minimum atomic E-state index is 0.130. The molecule has 2 heterocycles. The van der Waals surface area contributed by atoms with Gasteiger partial charge in [-0.15, -0.1) is 0 Å². The fourth-order valence-electron chi connectivity index (χ4n) is 3.20. The monoisotopic (exact) mass is 314 g/mol. The third-order valence-electron chi connectivity index (χ3n) is 4.39. The number of aromatic amines is 1. The molecule has 0 spiro atoms. The molecule has 3 rings (SSSR count). The molecule has 0 unspecified atom stereocenters. The Hall–Kier alpha value is -2.43. The Morgan fingerprint density at radius 3 is 2.87 bits per heavy atom. The molecule has 1 aromatic carbocycles. The van der Waals surface area contributed by atoms with Gasteiger partial charge in [0.15, 0.2) is 0 Å². The van der Waals surface area contributed by atoms with E-state index in [1.807, 2.05) is 41.4 Å². The van der Waals surface area contributed by atoms with E-state index in [2.05, 4.69) is 4.98 Å². The number of amides is 1. The van der Waals surface area contributed by atoms with Gasteiger partial charge in [-0.05, 0) is 31.0 Å². The Labute approximate surface area is 136 Å². The van der Waals surface area contributed by atoms with Gasteiger partial charge in [0.25, 0.3) is 0 Å². The number of nitrogens with one attached hydrogen (secondary N) is 1. The van der Waals surface area contributed by atoms with Gasteiger partial charge in [0.1, 0.15) is 11.5 Å². The zero-order valence-corrected chi connectivity index (χ0v) is 13.5. The third kappa shape index (κ3) is 3.18. The van der Waals surface area contributed by atoms with Gasteiger partial charge in [-0.1, -0.05) is 6.07 Å². The molecule has 1 N–H and O–H groups in total. The first-order chi connectivity index (χ1) is 11.2. The van der Waals surface area contributed by atoms with Gasteiger partial charge < -0.3 is 19.4 Å². The smallest absolute Gasteiger partial charge is 0.227 e. The molecule has 1 atom stereocenters. The van der Waals surface area contributed by atoms with Crippen LogP contribution in [0.15, 0.2) is 36.5 Å². The summed E-state index contributed by atoms with van der Waals surface area (Å²) in [5, 5.41) is 0. The maximum Gasteiger partial charge on any atom is 0.227 e. The van der Waals surface area contributed by atoms with Crippen LogP contribution in [0.1, 0.15) is 30.1 Å². The van der Waals surface area contributed by atoms with Gasteiger partial charge >= 0.3 is 0 Å². The number of hydrogen-bond donors (Lipinski definition) is 1. The molecule has 1 amide bonds. The summed E-state index contributed by atoms with van der Waals surface area (Å²) in [5.74, 6) is 1.54. The second-order valence-corrected chi connectivity index (χ2v) is 5.73. The summed E-state index contributed by atoms with van der Waals surface area (Å²) in [5.41, 5.74) is 1.99. The summed E-state index contributed by atoms with van der Waals surface area (Å²) in [6.07, 6.45) is 4.29. The second-order valence-electron chi connectivity index (χ2n) is 5.73. The second kappa shape index (κ2) is 6.77. The zero-order valence-electron chi connectivity index (χ0n) is 13.5. The van der Waals surface area contributed by atoms with E-state index in [-0.39, 0.29) is 11.9 Å². The van der Waals surface area contributed by atoms with Gasteiger partial charge in [0, 0.05) is 30.1 Å². The highest BCUT2D eigenvalue weighted by molar-refractivity contribution is 5.80. The number of rotatable bonds is 5. The van der Waals surface area contributed by atoms with Crippen molar-refractivity contribution in [1.29, 1.82) is 0 Å². The van der Waals surface area contributed by atoms with Crippen LogP contribution in [-0.4, -0.2) is 36.6 Å². The van der Waals surface area contributed by atoms with Gasteiger partial charge in [-0.2, -0.15) is 0 Å². The molecule has 1 aliphatic rings. The summed E-state index contributed by atoms with van der Waals surface area (Å²) in [6, 6.07) is 9.75. The van der Waals surface area contributed by atoms with Crippen LogP contribution in [0.3, 0.4) is 0 Å². The lowest BCUT2D eigenvalue weighted by Crippen LogP contribution is -2.32. The summed E-state index contributed by atoms with van der Waals surface area (Å²) < 4.78 is 10.6. The molecule has 0 aliphatic carbocycles.